The van der Waals surface area contributed by atoms with Crippen LogP contribution in [0.15, 0.2) is 30.3 Å². The first-order valence-electron chi connectivity index (χ1n) is 7.49. The lowest BCUT2D eigenvalue weighted by Gasteiger charge is -2.17. The van der Waals surface area contributed by atoms with Crippen LogP contribution in [0, 0.1) is 0 Å². The highest BCUT2D eigenvalue weighted by Crippen LogP contribution is 2.14. The molecule has 0 amide bonds. The molecule has 5 heteroatoms. The van der Waals surface area contributed by atoms with Gasteiger partial charge in [-0.1, -0.05) is 18.2 Å². The molecule has 0 spiro atoms. The molecule has 1 aromatic carbocycles. The van der Waals surface area contributed by atoms with E-state index >= 15 is 0 Å². The Bertz CT molecular complexity index is 444. The molecule has 0 radical (unpaired) electrons. The van der Waals surface area contributed by atoms with E-state index in [1.165, 1.54) is 7.11 Å². The van der Waals surface area contributed by atoms with Crippen molar-refractivity contribution in [2.24, 2.45) is 0 Å². The molecular formula is C17H24O5. The summed E-state index contributed by atoms with van der Waals surface area (Å²) in [5.41, 5.74) is 0.541. The molecule has 0 aromatic heterocycles. The van der Waals surface area contributed by atoms with Gasteiger partial charge in [-0.15, -0.1) is 0 Å². The Morgan fingerprint density at radius 1 is 1.05 bits per heavy atom. The molecule has 0 unspecified atom stereocenters. The van der Waals surface area contributed by atoms with E-state index in [1.807, 2.05) is 6.07 Å². The number of ether oxygens (including phenoxy) is 3. The second kappa shape index (κ2) is 10.8. The van der Waals surface area contributed by atoms with Crippen molar-refractivity contribution in [3.05, 3.63) is 35.9 Å². The van der Waals surface area contributed by atoms with Gasteiger partial charge >= 0.3 is 11.9 Å². The Morgan fingerprint density at radius 2 is 1.77 bits per heavy atom. The van der Waals surface area contributed by atoms with Crippen molar-refractivity contribution in [2.45, 2.75) is 38.2 Å². The average molecular weight is 308 g/mol. The summed E-state index contributed by atoms with van der Waals surface area (Å²) in [5, 5.41) is 0. The maximum atomic E-state index is 12.1. The molecule has 0 fully saturated rings. The number of methoxy groups -OCH3 is 2. The predicted octanol–water partition coefficient (Wildman–Crippen LogP) is 2.98. The Hall–Kier alpha value is -1.88. The second-order valence-corrected chi connectivity index (χ2v) is 5.00. The summed E-state index contributed by atoms with van der Waals surface area (Å²) in [7, 11) is 3.00. The molecule has 122 valence electrons. The lowest BCUT2D eigenvalue weighted by atomic mass is 10.1. The summed E-state index contributed by atoms with van der Waals surface area (Å²) in [4.78, 5) is 23.1. The number of esters is 2. The summed E-state index contributed by atoms with van der Waals surface area (Å²) in [6, 6.07) is 8.92. The van der Waals surface area contributed by atoms with Crippen LogP contribution in [-0.4, -0.2) is 38.9 Å². The van der Waals surface area contributed by atoms with E-state index < -0.39 is 0 Å². The Kier molecular flexibility index (Phi) is 8.91. The molecule has 0 N–H and O–H groups in total. The van der Waals surface area contributed by atoms with Crippen LogP contribution in [-0.2, 0) is 19.0 Å². The summed E-state index contributed by atoms with van der Waals surface area (Å²) >= 11 is 0. The van der Waals surface area contributed by atoms with Crippen molar-refractivity contribution in [1.29, 1.82) is 0 Å². The van der Waals surface area contributed by atoms with Crippen molar-refractivity contribution in [3.63, 3.8) is 0 Å². The Morgan fingerprint density at radius 3 is 2.41 bits per heavy atom. The summed E-state index contributed by atoms with van der Waals surface area (Å²) in [6.45, 7) is 0.531. The Labute approximate surface area is 131 Å². The van der Waals surface area contributed by atoms with Gasteiger partial charge in [0, 0.05) is 26.6 Å². The van der Waals surface area contributed by atoms with E-state index in [-0.39, 0.29) is 18.0 Å². The van der Waals surface area contributed by atoms with Crippen molar-refractivity contribution >= 4 is 11.9 Å². The van der Waals surface area contributed by atoms with Crippen molar-refractivity contribution in [3.8, 4) is 0 Å². The zero-order valence-electron chi connectivity index (χ0n) is 13.2. The second-order valence-electron chi connectivity index (χ2n) is 5.00. The first-order chi connectivity index (χ1) is 10.7. The standard InChI is InChI=1S/C17H24O5/c1-20-13-12-15(10-6-7-11-16(18)21-2)22-17(19)14-8-4-3-5-9-14/h3-5,8-9,15H,6-7,10-13H2,1-2H3/t15-/m1/s1. The zero-order valence-corrected chi connectivity index (χ0v) is 13.2. The lowest BCUT2D eigenvalue weighted by molar-refractivity contribution is -0.140. The van der Waals surface area contributed by atoms with E-state index in [0.29, 0.717) is 31.4 Å². The molecular weight excluding hydrogens is 284 g/mol. The van der Waals surface area contributed by atoms with Crippen LogP contribution in [0.4, 0.5) is 0 Å². The normalized spacial score (nSPS) is 11.7. The highest BCUT2D eigenvalue weighted by atomic mass is 16.5. The highest BCUT2D eigenvalue weighted by Gasteiger charge is 2.16. The van der Waals surface area contributed by atoms with Crippen LogP contribution in [0.25, 0.3) is 0 Å². The van der Waals surface area contributed by atoms with Gasteiger partial charge in [-0.3, -0.25) is 4.79 Å². The number of unbranched alkanes of at least 4 members (excludes halogenated alkanes) is 1. The fourth-order valence-electron chi connectivity index (χ4n) is 2.05. The van der Waals surface area contributed by atoms with E-state index in [0.717, 1.165) is 12.8 Å². The molecule has 0 bridgehead atoms. The van der Waals surface area contributed by atoms with Gasteiger partial charge in [0.15, 0.2) is 0 Å². The summed E-state index contributed by atoms with van der Waals surface area (Å²) in [5.74, 6) is -0.538. The molecule has 0 aliphatic rings. The first-order valence-corrected chi connectivity index (χ1v) is 7.49. The third-order valence-electron chi connectivity index (χ3n) is 3.31. The van der Waals surface area contributed by atoms with Crippen LogP contribution < -0.4 is 0 Å². The number of rotatable bonds is 10. The van der Waals surface area contributed by atoms with Gasteiger partial charge in [-0.05, 0) is 31.4 Å². The molecule has 0 aliphatic carbocycles. The van der Waals surface area contributed by atoms with E-state index in [9.17, 15) is 9.59 Å². The highest BCUT2D eigenvalue weighted by molar-refractivity contribution is 5.89. The van der Waals surface area contributed by atoms with Gasteiger partial charge in [0.05, 0.1) is 12.7 Å². The molecule has 0 heterocycles. The molecule has 1 aromatic rings. The third-order valence-corrected chi connectivity index (χ3v) is 3.31. The zero-order chi connectivity index (χ0) is 16.2. The smallest absolute Gasteiger partial charge is 0.338 e. The minimum absolute atomic E-state index is 0.203. The van der Waals surface area contributed by atoms with Crippen molar-refractivity contribution in [2.75, 3.05) is 20.8 Å². The summed E-state index contributed by atoms with van der Waals surface area (Å²) in [6.07, 6.45) is 3.06. The van der Waals surface area contributed by atoms with Crippen molar-refractivity contribution in [1.82, 2.24) is 0 Å². The van der Waals surface area contributed by atoms with E-state index in [1.54, 1.807) is 31.4 Å². The minimum Gasteiger partial charge on any atom is -0.469 e. The van der Waals surface area contributed by atoms with Gasteiger partial charge in [-0.2, -0.15) is 0 Å². The molecule has 0 aliphatic heterocycles. The average Bonchev–Trinajstić information content (AvgIpc) is 2.56. The summed E-state index contributed by atoms with van der Waals surface area (Å²) < 4.78 is 15.2. The molecule has 1 rings (SSSR count). The number of benzene rings is 1. The van der Waals surface area contributed by atoms with Crippen LogP contribution in [0.1, 0.15) is 42.5 Å². The third kappa shape index (κ3) is 7.22. The van der Waals surface area contributed by atoms with E-state index in [2.05, 4.69) is 4.74 Å². The van der Waals surface area contributed by atoms with Gasteiger partial charge in [0.25, 0.3) is 0 Å². The topological polar surface area (TPSA) is 61.8 Å². The minimum atomic E-state index is -0.324. The predicted molar refractivity (Wildman–Crippen MR) is 82.6 cm³/mol. The van der Waals surface area contributed by atoms with Gasteiger partial charge in [-0.25, -0.2) is 4.79 Å². The van der Waals surface area contributed by atoms with Crippen LogP contribution >= 0.6 is 0 Å². The molecule has 0 saturated carbocycles. The first kappa shape index (κ1) is 18.2. The monoisotopic (exact) mass is 308 g/mol. The fourth-order valence-corrected chi connectivity index (χ4v) is 2.05. The maximum absolute atomic E-state index is 12.1. The van der Waals surface area contributed by atoms with Gasteiger partial charge < -0.3 is 14.2 Å². The quantitative estimate of drug-likeness (QED) is 0.491. The molecule has 5 nitrogen and oxygen atoms in total. The maximum Gasteiger partial charge on any atom is 0.338 e. The fraction of sp³-hybridized carbons (Fsp3) is 0.529. The SMILES string of the molecule is COCC[C@@H](CCCCC(=O)OC)OC(=O)c1ccccc1. The van der Waals surface area contributed by atoms with Crippen LogP contribution in [0.2, 0.25) is 0 Å². The number of hydrogen-bond donors (Lipinski definition) is 0. The van der Waals surface area contributed by atoms with Gasteiger partial charge in [0.2, 0.25) is 0 Å². The van der Waals surface area contributed by atoms with Crippen LogP contribution in [0.3, 0.4) is 0 Å². The molecule has 22 heavy (non-hydrogen) atoms. The number of carbonyl (C=O) groups excluding carboxylic acids is 2. The van der Waals surface area contributed by atoms with Gasteiger partial charge in [0.1, 0.15) is 6.10 Å². The lowest BCUT2D eigenvalue weighted by Crippen LogP contribution is -2.20. The molecule has 1 atom stereocenters. The van der Waals surface area contributed by atoms with Crippen molar-refractivity contribution < 1.29 is 23.8 Å². The van der Waals surface area contributed by atoms with Crippen LogP contribution in [0.5, 0.6) is 0 Å². The molecule has 0 saturated heterocycles. The van der Waals surface area contributed by atoms with E-state index in [4.69, 9.17) is 9.47 Å². The Balaban J connectivity index is 2.42. The number of carbonyl (C=O) groups is 2. The largest absolute Gasteiger partial charge is 0.469 e. The number of hydrogen-bond acceptors (Lipinski definition) is 5.